The Morgan fingerprint density at radius 3 is 2.18 bits per heavy atom. The Kier molecular flexibility index (Phi) is 4.14. The molecule has 1 aliphatic carbocycles. The minimum atomic E-state index is -0.0424. The second-order valence-corrected chi connectivity index (χ2v) is 10.9. The minimum absolute atomic E-state index is 0.0424. The lowest BCUT2D eigenvalue weighted by Crippen LogP contribution is -2.17. The monoisotopic (exact) mass is 427 g/mol. The van der Waals surface area contributed by atoms with Crippen LogP contribution in [0.15, 0.2) is 85.1 Å². The Labute approximate surface area is 196 Å². The van der Waals surface area contributed by atoms with Gasteiger partial charge in [0.1, 0.15) is 0 Å². The van der Waals surface area contributed by atoms with Gasteiger partial charge < -0.3 is 0 Å². The number of hydrogen-bond donors (Lipinski definition) is 0. The SMILES string of the molecule is CC(C)(C)c1ccc2c(c1)C(C)(C)c1cc(-c3nccc4c3ccc3ccccc34)ccc1-2. The van der Waals surface area contributed by atoms with E-state index in [0.29, 0.717) is 0 Å². The first-order valence-corrected chi connectivity index (χ1v) is 11.8. The Hall–Kier alpha value is -3.45. The van der Waals surface area contributed by atoms with Crippen LogP contribution in [0.5, 0.6) is 0 Å². The van der Waals surface area contributed by atoms with E-state index in [4.69, 9.17) is 4.98 Å². The van der Waals surface area contributed by atoms with Gasteiger partial charge >= 0.3 is 0 Å². The van der Waals surface area contributed by atoms with Gasteiger partial charge in [-0.1, -0.05) is 101 Å². The molecule has 0 unspecified atom stereocenters. The van der Waals surface area contributed by atoms with Crippen LogP contribution in [0, 0.1) is 0 Å². The number of nitrogens with zero attached hydrogens (tertiary/aromatic N) is 1. The zero-order valence-corrected chi connectivity index (χ0v) is 20.0. The first-order chi connectivity index (χ1) is 15.7. The Morgan fingerprint density at radius 1 is 0.667 bits per heavy atom. The maximum absolute atomic E-state index is 4.85. The van der Waals surface area contributed by atoms with Gasteiger partial charge in [-0.15, -0.1) is 0 Å². The number of fused-ring (bicyclic) bond motifs is 6. The van der Waals surface area contributed by atoms with Gasteiger partial charge in [-0.3, -0.25) is 4.98 Å². The van der Waals surface area contributed by atoms with Gasteiger partial charge in [0.25, 0.3) is 0 Å². The molecule has 1 heterocycles. The maximum Gasteiger partial charge on any atom is 0.0780 e. The molecule has 1 aliphatic rings. The molecule has 1 heteroatoms. The Bertz CT molecular complexity index is 1560. The van der Waals surface area contributed by atoms with Gasteiger partial charge in [-0.25, -0.2) is 0 Å². The van der Waals surface area contributed by atoms with Gasteiger partial charge in [0.2, 0.25) is 0 Å². The summed E-state index contributed by atoms with van der Waals surface area (Å²) in [6, 6.07) is 29.2. The molecule has 162 valence electrons. The van der Waals surface area contributed by atoms with Crippen LogP contribution in [0.2, 0.25) is 0 Å². The highest BCUT2D eigenvalue weighted by Gasteiger charge is 2.36. The first-order valence-electron chi connectivity index (χ1n) is 11.8. The maximum atomic E-state index is 4.85. The van der Waals surface area contributed by atoms with E-state index in [1.807, 2.05) is 6.20 Å². The normalized spacial score (nSPS) is 14.5. The fourth-order valence-corrected chi connectivity index (χ4v) is 5.52. The second kappa shape index (κ2) is 6.78. The molecule has 6 rings (SSSR count). The third-order valence-electron chi connectivity index (χ3n) is 7.49. The van der Waals surface area contributed by atoms with Crippen molar-refractivity contribution in [2.24, 2.45) is 0 Å². The van der Waals surface area contributed by atoms with Gasteiger partial charge in [0, 0.05) is 22.6 Å². The second-order valence-electron chi connectivity index (χ2n) is 10.9. The molecule has 0 radical (unpaired) electrons. The smallest absolute Gasteiger partial charge is 0.0780 e. The fraction of sp³-hybridized carbons (Fsp3) is 0.219. The van der Waals surface area contributed by atoms with Crippen LogP contribution in [-0.2, 0) is 10.8 Å². The molecule has 0 aliphatic heterocycles. The summed E-state index contributed by atoms with van der Waals surface area (Å²) in [5.74, 6) is 0. The van der Waals surface area contributed by atoms with E-state index in [0.717, 1.165) is 5.69 Å². The quantitative estimate of drug-likeness (QED) is 0.244. The molecule has 0 saturated heterocycles. The van der Waals surface area contributed by atoms with Crippen molar-refractivity contribution < 1.29 is 0 Å². The molecule has 0 saturated carbocycles. The molecule has 1 aromatic heterocycles. The average molecular weight is 428 g/mol. The number of rotatable bonds is 1. The fourth-order valence-electron chi connectivity index (χ4n) is 5.52. The van der Waals surface area contributed by atoms with Crippen LogP contribution in [0.4, 0.5) is 0 Å². The standard InChI is InChI=1S/C32H29N/c1-31(2,3)22-12-15-26-25-13-11-21(18-28(25)32(4,5)29(26)19-22)30-27-14-10-20-8-6-7-9-23(20)24(27)16-17-33-30/h6-19H,1-5H3. The molecule has 0 spiro atoms. The lowest BCUT2D eigenvalue weighted by atomic mass is 9.78. The van der Waals surface area contributed by atoms with Crippen molar-refractivity contribution in [1.82, 2.24) is 4.98 Å². The average Bonchev–Trinajstić information content (AvgIpc) is 3.04. The highest BCUT2D eigenvalue weighted by Crippen LogP contribution is 2.50. The van der Waals surface area contributed by atoms with Crippen molar-refractivity contribution in [3.8, 4) is 22.4 Å². The highest BCUT2D eigenvalue weighted by molar-refractivity contribution is 6.11. The first kappa shape index (κ1) is 20.2. The molecule has 33 heavy (non-hydrogen) atoms. The third kappa shape index (κ3) is 2.95. The summed E-state index contributed by atoms with van der Waals surface area (Å²) >= 11 is 0. The summed E-state index contributed by atoms with van der Waals surface area (Å²) in [4.78, 5) is 4.85. The lowest BCUT2D eigenvalue weighted by Gasteiger charge is -2.25. The third-order valence-corrected chi connectivity index (χ3v) is 7.49. The number of aromatic nitrogens is 1. The van der Waals surface area contributed by atoms with E-state index < -0.39 is 0 Å². The summed E-state index contributed by atoms with van der Waals surface area (Å²) < 4.78 is 0. The van der Waals surface area contributed by atoms with Gasteiger partial charge in [-0.2, -0.15) is 0 Å². The van der Waals surface area contributed by atoms with Crippen LogP contribution in [0.25, 0.3) is 43.9 Å². The van der Waals surface area contributed by atoms with Gasteiger partial charge in [-0.05, 0) is 61.5 Å². The van der Waals surface area contributed by atoms with E-state index in [9.17, 15) is 0 Å². The van der Waals surface area contributed by atoms with E-state index in [1.54, 1.807) is 0 Å². The summed E-state index contributed by atoms with van der Waals surface area (Å²) in [6.45, 7) is 11.6. The Balaban J connectivity index is 1.54. The topological polar surface area (TPSA) is 12.9 Å². The van der Waals surface area contributed by atoms with Crippen LogP contribution in [0.3, 0.4) is 0 Å². The largest absolute Gasteiger partial charge is 0.256 e. The highest BCUT2D eigenvalue weighted by atomic mass is 14.7. The predicted octanol–water partition coefficient (Wildman–Crippen LogP) is 8.66. The lowest BCUT2D eigenvalue weighted by molar-refractivity contribution is 0.584. The van der Waals surface area contributed by atoms with E-state index in [1.165, 1.54) is 54.9 Å². The van der Waals surface area contributed by atoms with E-state index in [2.05, 4.69) is 113 Å². The number of hydrogen-bond acceptors (Lipinski definition) is 1. The molecular formula is C32H29N. The van der Waals surface area contributed by atoms with E-state index in [-0.39, 0.29) is 10.8 Å². The zero-order valence-electron chi connectivity index (χ0n) is 20.0. The van der Waals surface area contributed by atoms with Crippen molar-refractivity contribution in [1.29, 1.82) is 0 Å². The minimum Gasteiger partial charge on any atom is -0.256 e. The predicted molar refractivity (Wildman–Crippen MR) is 141 cm³/mol. The molecular weight excluding hydrogens is 398 g/mol. The van der Waals surface area contributed by atoms with Gasteiger partial charge in [0.15, 0.2) is 0 Å². The van der Waals surface area contributed by atoms with Crippen molar-refractivity contribution in [3.05, 3.63) is 102 Å². The molecule has 0 fully saturated rings. The molecule has 0 amide bonds. The van der Waals surface area contributed by atoms with Crippen molar-refractivity contribution in [2.45, 2.75) is 45.4 Å². The van der Waals surface area contributed by atoms with Gasteiger partial charge in [0.05, 0.1) is 5.69 Å². The summed E-state index contributed by atoms with van der Waals surface area (Å²) in [5.41, 5.74) is 9.27. The molecule has 4 aromatic carbocycles. The Morgan fingerprint density at radius 2 is 1.39 bits per heavy atom. The van der Waals surface area contributed by atoms with Crippen molar-refractivity contribution in [2.75, 3.05) is 0 Å². The van der Waals surface area contributed by atoms with Crippen LogP contribution in [0.1, 0.15) is 51.3 Å². The van der Waals surface area contributed by atoms with Crippen LogP contribution in [-0.4, -0.2) is 4.98 Å². The molecule has 1 nitrogen and oxygen atoms in total. The number of benzene rings is 4. The summed E-state index contributed by atoms with van der Waals surface area (Å²) in [6.07, 6.45) is 1.95. The van der Waals surface area contributed by atoms with Crippen LogP contribution >= 0.6 is 0 Å². The molecule has 0 bridgehead atoms. The van der Waals surface area contributed by atoms with Crippen molar-refractivity contribution >= 4 is 21.5 Å². The molecule has 0 N–H and O–H groups in total. The summed E-state index contributed by atoms with van der Waals surface area (Å²) in [5, 5.41) is 5.01. The molecule has 0 atom stereocenters. The van der Waals surface area contributed by atoms with Crippen molar-refractivity contribution in [3.63, 3.8) is 0 Å². The summed E-state index contributed by atoms with van der Waals surface area (Å²) in [7, 11) is 0. The number of pyridine rings is 1. The molecule has 5 aromatic rings. The van der Waals surface area contributed by atoms with Crippen LogP contribution < -0.4 is 0 Å². The zero-order chi connectivity index (χ0) is 23.0. The van der Waals surface area contributed by atoms with E-state index >= 15 is 0 Å².